The highest BCUT2D eigenvalue weighted by molar-refractivity contribution is 7.92. The highest BCUT2D eigenvalue weighted by Crippen LogP contribution is 2.43. The second-order valence-electron chi connectivity index (χ2n) is 10.4. The summed E-state index contributed by atoms with van der Waals surface area (Å²) < 4.78 is 35.2. The summed E-state index contributed by atoms with van der Waals surface area (Å²) in [6.45, 7) is 12.0. The minimum atomic E-state index is -3.67. The van der Waals surface area contributed by atoms with E-state index >= 15 is 0 Å². The zero-order valence-corrected chi connectivity index (χ0v) is 23.7. The molecule has 5 heteroatoms. The van der Waals surface area contributed by atoms with E-state index in [0.29, 0.717) is 31.1 Å². The molecule has 0 bridgehead atoms. The summed E-state index contributed by atoms with van der Waals surface area (Å²) in [5, 5.41) is 0. The lowest BCUT2D eigenvalue weighted by atomic mass is 9.83. The zero-order valence-electron chi connectivity index (χ0n) is 22.9. The first kappa shape index (κ1) is 27.2. The Kier molecular flexibility index (Phi) is 8.62. The molecule has 0 spiro atoms. The fourth-order valence-electron chi connectivity index (χ4n) is 5.07. The van der Waals surface area contributed by atoms with E-state index in [1.54, 1.807) is 16.4 Å². The van der Waals surface area contributed by atoms with Gasteiger partial charge in [-0.15, -0.1) is 0 Å². The molecular formula is C32H39NO3S. The molecule has 1 unspecified atom stereocenters. The van der Waals surface area contributed by atoms with Gasteiger partial charge in [0.25, 0.3) is 10.0 Å². The van der Waals surface area contributed by atoms with Gasteiger partial charge in [0.05, 0.1) is 23.8 Å². The third-order valence-electron chi connectivity index (χ3n) is 7.29. The van der Waals surface area contributed by atoms with Gasteiger partial charge in [0.15, 0.2) is 0 Å². The second-order valence-corrected chi connectivity index (χ2v) is 12.3. The molecule has 0 amide bonds. The van der Waals surface area contributed by atoms with Crippen LogP contribution in [0.15, 0.2) is 58.5 Å². The number of ether oxygens (including phenoxy) is 1. The van der Waals surface area contributed by atoms with Crippen LogP contribution in [0.5, 0.6) is 0 Å². The van der Waals surface area contributed by atoms with Crippen molar-refractivity contribution in [1.29, 1.82) is 0 Å². The minimum absolute atomic E-state index is 0.0836. The quantitative estimate of drug-likeness (QED) is 0.222. The summed E-state index contributed by atoms with van der Waals surface area (Å²) in [6, 6.07) is 9.25. The predicted octanol–water partition coefficient (Wildman–Crippen LogP) is 7.20. The van der Waals surface area contributed by atoms with Crippen molar-refractivity contribution >= 4 is 15.7 Å². The molecule has 0 saturated heterocycles. The van der Waals surface area contributed by atoms with Crippen molar-refractivity contribution in [1.82, 2.24) is 0 Å². The van der Waals surface area contributed by atoms with E-state index in [1.165, 1.54) is 11.1 Å². The Morgan fingerprint density at radius 2 is 1.89 bits per heavy atom. The Balaban J connectivity index is 1.84. The molecule has 4 nitrogen and oxygen atoms in total. The van der Waals surface area contributed by atoms with Crippen LogP contribution in [0.3, 0.4) is 0 Å². The molecule has 2 aromatic rings. The van der Waals surface area contributed by atoms with E-state index in [-0.39, 0.29) is 5.92 Å². The summed E-state index contributed by atoms with van der Waals surface area (Å²) in [5.41, 5.74) is 8.66. The van der Waals surface area contributed by atoms with E-state index in [4.69, 9.17) is 4.74 Å². The van der Waals surface area contributed by atoms with Gasteiger partial charge >= 0.3 is 0 Å². The van der Waals surface area contributed by atoms with E-state index in [9.17, 15) is 8.42 Å². The molecule has 2 aliphatic rings. The van der Waals surface area contributed by atoms with Crippen LogP contribution in [-0.2, 0) is 27.8 Å². The Morgan fingerprint density at radius 1 is 1.14 bits per heavy atom. The number of rotatable bonds is 7. The minimum Gasteiger partial charge on any atom is -0.376 e. The SMILES string of the molecule is CCCCC#Cc1c2c(cc3c1CCN3S(=O)(=O)c1ccc(C)cc1)C(/C(C)=C/CC=C(C)C)COC2. The standard InChI is InChI=1S/C32H39NO3S/c1-6-7-8-9-13-27-28-18-19-33(37(34,35)26-16-14-24(4)15-17-26)32(28)20-29-30(21-36-22-31(27)29)25(5)12-10-11-23(2)3/h11-12,14-17,20,30H,6-8,10,18-19,21-22H2,1-5H3/b25-12+. The monoisotopic (exact) mass is 517 g/mol. The van der Waals surface area contributed by atoms with E-state index in [2.05, 4.69) is 57.8 Å². The number of hydrogen-bond acceptors (Lipinski definition) is 3. The number of hydrogen-bond donors (Lipinski definition) is 0. The Bertz CT molecular complexity index is 1370. The van der Waals surface area contributed by atoms with Crippen LogP contribution in [0.1, 0.15) is 87.1 Å². The van der Waals surface area contributed by atoms with Crippen LogP contribution in [0, 0.1) is 18.8 Å². The zero-order chi connectivity index (χ0) is 26.6. The maximum absolute atomic E-state index is 13.8. The van der Waals surface area contributed by atoms with Crippen LogP contribution in [0.25, 0.3) is 0 Å². The molecule has 2 aromatic carbocycles. The van der Waals surface area contributed by atoms with Crippen molar-refractivity contribution in [2.75, 3.05) is 17.5 Å². The Labute approximate surface area is 223 Å². The fourth-order valence-corrected chi connectivity index (χ4v) is 6.56. The average Bonchev–Trinajstić information content (AvgIpc) is 3.30. The number of sulfonamides is 1. The van der Waals surface area contributed by atoms with Crippen LogP contribution in [0.4, 0.5) is 5.69 Å². The maximum Gasteiger partial charge on any atom is 0.264 e. The molecule has 0 aliphatic carbocycles. The van der Waals surface area contributed by atoms with Gasteiger partial charge in [0.2, 0.25) is 0 Å². The average molecular weight is 518 g/mol. The molecule has 2 heterocycles. The van der Waals surface area contributed by atoms with Crippen molar-refractivity contribution in [2.24, 2.45) is 0 Å². The molecule has 0 fully saturated rings. The van der Waals surface area contributed by atoms with E-state index in [1.807, 2.05) is 19.1 Å². The van der Waals surface area contributed by atoms with Crippen LogP contribution < -0.4 is 4.31 Å². The Morgan fingerprint density at radius 3 is 2.59 bits per heavy atom. The number of benzene rings is 2. The molecule has 0 radical (unpaired) electrons. The smallest absolute Gasteiger partial charge is 0.264 e. The van der Waals surface area contributed by atoms with Crippen LogP contribution in [-0.4, -0.2) is 21.6 Å². The van der Waals surface area contributed by atoms with Gasteiger partial charge in [-0.3, -0.25) is 4.31 Å². The molecule has 0 aromatic heterocycles. The first-order valence-electron chi connectivity index (χ1n) is 13.4. The molecule has 0 N–H and O–H groups in total. The van der Waals surface area contributed by atoms with Crippen LogP contribution in [0.2, 0.25) is 0 Å². The first-order valence-corrected chi connectivity index (χ1v) is 14.8. The summed E-state index contributed by atoms with van der Waals surface area (Å²) in [7, 11) is -3.67. The summed E-state index contributed by atoms with van der Waals surface area (Å²) in [5.74, 6) is 6.92. The molecule has 1 atom stereocenters. The van der Waals surface area contributed by atoms with Crippen molar-refractivity contribution < 1.29 is 13.2 Å². The molecule has 0 saturated carbocycles. The number of allylic oxidation sites excluding steroid dienone is 3. The Hall–Kier alpha value is -2.81. The van der Waals surface area contributed by atoms with Crippen molar-refractivity contribution in [3.63, 3.8) is 0 Å². The summed E-state index contributed by atoms with van der Waals surface area (Å²) in [6.07, 6.45) is 9.01. The maximum atomic E-state index is 13.8. The van der Waals surface area contributed by atoms with E-state index < -0.39 is 10.0 Å². The van der Waals surface area contributed by atoms with Crippen molar-refractivity contribution in [3.05, 3.63) is 81.4 Å². The predicted molar refractivity (Wildman–Crippen MR) is 152 cm³/mol. The van der Waals surface area contributed by atoms with Gasteiger partial charge in [0.1, 0.15) is 0 Å². The second kappa shape index (κ2) is 11.7. The normalized spacial score (nSPS) is 17.1. The van der Waals surface area contributed by atoms with Gasteiger partial charge in [-0.25, -0.2) is 8.42 Å². The van der Waals surface area contributed by atoms with Gasteiger partial charge in [0, 0.05) is 24.4 Å². The third-order valence-corrected chi connectivity index (χ3v) is 9.11. The van der Waals surface area contributed by atoms with Gasteiger partial charge in [-0.2, -0.15) is 0 Å². The molecule has 4 rings (SSSR count). The highest BCUT2D eigenvalue weighted by atomic mass is 32.2. The lowest BCUT2D eigenvalue weighted by Gasteiger charge is -2.30. The number of anilines is 1. The highest BCUT2D eigenvalue weighted by Gasteiger charge is 2.36. The van der Waals surface area contributed by atoms with Gasteiger partial charge < -0.3 is 4.74 Å². The molecule has 196 valence electrons. The lowest BCUT2D eigenvalue weighted by molar-refractivity contribution is 0.0983. The molecule has 37 heavy (non-hydrogen) atoms. The summed E-state index contributed by atoms with van der Waals surface area (Å²) in [4.78, 5) is 0.330. The van der Waals surface area contributed by atoms with E-state index in [0.717, 1.165) is 59.2 Å². The lowest BCUT2D eigenvalue weighted by Crippen LogP contribution is -2.29. The fraction of sp³-hybridized carbons (Fsp3) is 0.438. The largest absolute Gasteiger partial charge is 0.376 e. The molecule has 2 aliphatic heterocycles. The topological polar surface area (TPSA) is 46.6 Å². The van der Waals surface area contributed by atoms with Crippen molar-refractivity contribution in [3.8, 4) is 11.8 Å². The van der Waals surface area contributed by atoms with Crippen LogP contribution >= 0.6 is 0 Å². The first-order chi connectivity index (χ1) is 17.7. The number of fused-ring (bicyclic) bond motifs is 2. The van der Waals surface area contributed by atoms with Gasteiger partial charge in [-0.05, 0) is 81.8 Å². The van der Waals surface area contributed by atoms with Gasteiger partial charge in [-0.1, -0.05) is 66.2 Å². The van der Waals surface area contributed by atoms with Crippen molar-refractivity contribution in [2.45, 2.75) is 84.1 Å². The third kappa shape index (κ3) is 5.87. The number of unbranched alkanes of at least 4 members (excludes halogenated alkanes) is 2. The summed E-state index contributed by atoms with van der Waals surface area (Å²) >= 11 is 0. The number of aryl methyl sites for hydroxylation is 1. The number of nitrogens with zero attached hydrogens (tertiary/aromatic N) is 1. The molecular weight excluding hydrogens is 478 g/mol.